The van der Waals surface area contributed by atoms with Crippen LogP contribution in [0.5, 0.6) is 5.75 Å². The van der Waals surface area contributed by atoms with Gasteiger partial charge in [-0.05, 0) is 42.4 Å². The highest BCUT2D eigenvalue weighted by Gasteiger charge is 2.35. The third kappa shape index (κ3) is 9.39. The van der Waals surface area contributed by atoms with E-state index in [4.69, 9.17) is 14.2 Å². The summed E-state index contributed by atoms with van der Waals surface area (Å²) in [5, 5.41) is 6.85. The molecule has 1 saturated heterocycles. The van der Waals surface area contributed by atoms with Gasteiger partial charge in [-0.15, -0.1) is 24.0 Å². The summed E-state index contributed by atoms with van der Waals surface area (Å²) in [5.74, 6) is 2.22. The van der Waals surface area contributed by atoms with E-state index in [0.717, 1.165) is 49.8 Å². The Kier molecular flexibility index (Phi) is 12.7. The molecule has 172 valence electrons. The van der Waals surface area contributed by atoms with Crippen LogP contribution in [0.15, 0.2) is 29.3 Å². The Bertz CT molecular complexity index is 617. The van der Waals surface area contributed by atoms with Crippen LogP contribution in [0.25, 0.3) is 0 Å². The Morgan fingerprint density at radius 2 is 1.93 bits per heavy atom. The highest BCUT2D eigenvalue weighted by Crippen LogP contribution is 2.33. The topological polar surface area (TPSA) is 64.1 Å². The zero-order valence-electron chi connectivity index (χ0n) is 19.2. The van der Waals surface area contributed by atoms with Gasteiger partial charge in [-0.3, -0.25) is 4.99 Å². The molecule has 7 heteroatoms. The molecule has 0 aliphatic carbocycles. The number of hydrogen-bond donors (Lipinski definition) is 2. The molecule has 0 saturated carbocycles. The maximum atomic E-state index is 6.07. The number of rotatable bonds is 9. The molecule has 1 aromatic carbocycles. The Hall–Kier alpha value is -1.06. The molecule has 2 N–H and O–H groups in total. The highest BCUT2D eigenvalue weighted by atomic mass is 127. The molecule has 1 aromatic rings. The van der Waals surface area contributed by atoms with Crippen LogP contribution >= 0.6 is 24.0 Å². The standard InChI is InChI=1S/C23H39N3O3.HI/c1-23(2,3)21-19(8-6-15-29-21)16-26-22(24-4)25-13-7-14-28-17-18-9-11-20(27-5)12-10-18;/h9-12,19,21H,6-8,13-17H2,1-5H3,(H2,24,25,26);1H. The molecule has 30 heavy (non-hydrogen) atoms. The average molecular weight is 533 g/mol. The van der Waals surface area contributed by atoms with Crippen LogP contribution in [-0.2, 0) is 16.1 Å². The molecule has 0 aromatic heterocycles. The number of ether oxygens (including phenoxy) is 3. The number of halogens is 1. The summed E-state index contributed by atoms with van der Waals surface area (Å²) in [4.78, 5) is 4.34. The van der Waals surface area contributed by atoms with Gasteiger partial charge in [0.2, 0.25) is 0 Å². The van der Waals surface area contributed by atoms with Crippen LogP contribution < -0.4 is 15.4 Å². The molecule has 1 aliphatic rings. The van der Waals surface area contributed by atoms with E-state index in [1.165, 1.54) is 6.42 Å². The third-order valence-corrected chi connectivity index (χ3v) is 5.24. The maximum Gasteiger partial charge on any atom is 0.190 e. The first kappa shape index (κ1) is 27.0. The van der Waals surface area contributed by atoms with Gasteiger partial charge in [0, 0.05) is 39.3 Å². The Morgan fingerprint density at radius 1 is 1.20 bits per heavy atom. The fourth-order valence-electron chi connectivity index (χ4n) is 3.75. The second-order valence-electron chi connectivity index (χ2n) is 8.69. The van der Waals surface area contributed by atoms with Crippen LogP contribution in [-0.4, -0.2) is 52.5 Å². The quantitative estimate of drug-likeness (QED) is 0.215. The monoisotopic (exact) mass is 533 g/mol. The molecule has 2 unspecified atom stereocenters. The molecule has 0 radical (unpaired) electrons. The van der Waals surface area contributed by atoms with Crippen molar-refractivity contribution in [2.24, 2.45) is 16.3 Å². The van der Waals surface area contributed by atoms with Gasteiger partial charge in [0.05, 0.1) is 19.8 Å². The minimum atomic E-state index is 0. The molecule has 1 fully saturated rings. The van der Waals surface area contributed by atoms with Crippen molar-refractivity contribution < 1.29 is 14.2 Å². The molecule has 1 aliphatic heterocycles. The van der Waals surface area contributed by atoms with Gasteiger partial charge < -0.3 is 24.8 Å². The normalized spacial score (nSPS) is 19.7. The second-order valence-corrected chi connectivity index (χ2v) is 8.69. The van der Waals surface area contributed by atoms with E-state index in [1.807, 2.05) is 31.3 Å². The molecule has 2 rings (SSSR count). The van der Waals surface area contributed by atoms with Crippen LogP contribution in [0.1, 0.15) is 45.6 Å². The van der Waals surface area contributed by atoms with Crippen molar-refractivity contribution >= 4 is 29.9 Å². The first-order valence-corrected chi connectivity index (χ1v) is 10.7. The molecule has 6 nitrogen and oxygen atoms in total. The minimum absolute atomic E-state index is 0. The fraction of sp³-hybridized carbons (Fsp3) is 0.696. The van der Waals surface area contributed by atoms with Gasteiger partial charge in [0.25, 0.3) is 0 Å². The van der Waals surface area contributed by atoms with Crippen molar-refractivity contribution in [3.63, 3.8) is 0 Å². The van der Waals surface area contributed by atoms with Gasteiger partial charge in [-0.2, -0.15) is 0 Å². The molecule has 0 bridgehead atoms. The van der Waals surface area contributed by atoms with Gasteiger partial charge in [-0.1, -0.05) is 32.9 Å². The maximum absolute atomic E-state index is 6.07. The zero-order chi connectivity index (χ0) is 21.1. The van der Waals surface area contributed by atoms with Crippen molar-refractivity contribution in [2.45, 2.75) is 52.7 Å². The smallest absolute Gasteiger partial charge is 0.190 e. The third-order valence-electron chi connectivity index (χ3n) is 5.24. The van der Waals surface area contributed by atoms with Crippen molar-refractivity contribution in [1.82, 2.24) is 10.6 Å². The van der Waals surface area contributed by atoms with Gasteiger partial charge in [-0.25, -0.2) is 0 Å². The Morgan fingerprint density at radius 3 is 2.57 bits per heavy atom. The van der Waals surface area contributed by atoms with E-state index >= 15 is 0 Å². The molecule has 0 amide bonds. The Balaban J connectivity index is 0.00000450. The fourth-order valence-corrected chi connectivity index (χ4v) is 3.75. The van der Waals surface area contributed by atoms with E-state index in [9.17, 15) is 0 Å². The van der Waals surface area contributed by atoms with E-state index in [-0.39, 0.29) is 35.5 Å². The van der Waals surface area contributed by atoms with Gasteiger partial charge in [0.15, 0.2) is 5.96 Å². The average Bonchev–Trinajstić information content (AvgIpc) is 2.72. The summed E-state index contributed by atoms with van der Waals surface area (Å²) >= 11 is 0. The Labute approximate surface area is 199 Å². The van der Waals surface area contributed by atoms with Crippen LogP contribution in [0, 0.1) is 11.3 Å². The predicted octanol–water partition coefficient (Wildman–Crippen LogP) is 4.23. The lowest BCUT2D eigenvalue weighted by Crippen LogP contribution is -2.47. The summed E-state index contributed by atoms with van der Waals surface area (Å²) in [6.45, 7) is 10.7. The first-order chi connectivity index (χ1) is 13.9. The predicted molar refractivity (Wildman–Crippen MR) is 134 cm³/mol. The lowest BCUT2D eigenvalue weighted by molar-refractivity contribution is -0.0835. The van der Waals surface area contributed by atoms with Crippen LogP contribution in [0.3, 0.4) is 0 Å². The van der Waals surface area contributed by atoms with Gasteiger partial charge >= 0.3 is 0 Å². The van der Waals surface area contributed by atoms with E-state index in [1.54, 1.807) is 7.11 Å². The summed E-state index contributed by atoms with van der Waals surface area (Å²) in [6.07, 6.45) is 3.54. The summed E-state index contributed by atoms with van der Waals surface area (Å²) in [5.41, 5.74) is 1.31. The molecule has 1 heterocycles. The van der Waals surface area contributed by atoms with Crippen LogP contribution in [0.2, 0.25) is 0 Å². The van der Waals surface area contributed by atoms with Crippen LogP contribution in [0.4, 0.5) is 0 Å². The van der Waals surface area contributed by atoms with Gasteiger partial charge in [0.1, 0.15) is 5.75 Å². The van der Waals surface area contributed by atoms with Crippen molar-refractivity contribution in [1.29, 1.82) is 0 Å². The minimum Gasteiger partial charge on any atom is -0.497 e. The number of benzene rings is 1. The summed E-state index contributed by atoms with van der Waals surface area (Å²) in [7, 11) is 3.49. The van der Waals surface area contributed by atoms with Crippen molar-refractivity contribution in [3.05, 3.63) is 29.8 Å². The number of methoxy groups -OCH3 is 1. The molecular weight excluding hydrogens is 493 g/mol. The number of nitrogens with zero attached hydrogens (tertiary/aromatic N) is 1. The number of aliphatic imine (C=N–C) groups is 1. The molecule has 2 atom stereocenters. The number of nitrogens with one attached hydrogen (secondary N) is 2. The molecule has 0 spiro atoms. The molecular formula is C23H40IN3O3. The largest absolute Gasteiger partial charge is 0.497 e. The lowest BCUT2D eigenvalue weighted by Gasteiger charge is -2.40. The van der Waals surface area contributed by atoms with Crippen molar-refractivity contribution in [3.8, 4) is 5.75 Å². The van der Waals surface area contributed by atoms with E-state index in [2.05, 4.69) is 36.4 Å². The number of guanidine groups is 1. The van der Waals surface area contributed by atoms with E-state index < -0.39 is 0 Å². The summed E-state index contributed by atoms with van der Waals surface area (Å²) in [6, 6.07) is 7.97. The van der Waals surface area contributed by atoms with E-state index in [0.29, 0.717) is 19.1 Å². The summed E-state index contributed by atoms with van der Waals surface area (Å²) < 4.78 is 17.0. The first-order valence-electron chi connectivity index (χ1n) is 10.7. The SMILES string of the molecule is CN=C(NCCCOCc1ccc(OC)cc1)NCC1CCCOC1C(C)(C)C.I. The number of hydrogen-bond acceptors (Lipinski definition) is 4. The lowest BCUT2D eigenvalue weighted by atomic mass is 9.78. The highest BCUT2D eigenvalue weighted by molar-refractivity contribution is 14.0. The van der Waals surface area contributed by atoms with Crippen molar-refractivity contribution in [2.75, 3.05) is 40.5 Å². The zero-order valence-corrected chi connectivity index (χ0v) is 21.5. The second kappa shape index (κ2) is 14.1.